The van der Waals surface area contributed by atoms with Gasteiger partial charge in [0, 0.05) is 38.4 Å². The van der Waals surface area contributed by atoms with Gasteiger partial charge in [-0.3, -0.25) is 14.4 Å². The minimum atomic E-state index is -4.06. The monoisotopic (exact) mass is 452 g/mol. The van der Waals surface area contributed by atoms with E-state index >= 15 is 0 Å². The Morgan fingerprint density at radius 3 is 2.84 bits per heavy atom. The molecule has 10 nitrogen and oxygen atoms in total. The van der Waals surface area contributed by atoms with Gasteiger partial charge < -0.3 is 10.7 Å². The van der Waals surface area contributed by atoms with Gasteiger partial charge >= 0.3 is 10.0 Å². The molecule has 0 aliphatic carbocycles. The third kappa shape index (κ3) is 3.86. The lowest BCUT2D eigenvalue weighted by atomic mass is 10.0. The molecule has 4 aromatic heterocycles. The topological polar surface area (TPSA) is 130 Å². The van der Waals surface area contributed by atoms with Crippen molar-refractivity contribution in [3.05, 3.63) is 48.5 Å². The van der Waals surface area contributed by atoms with Crippen molar-refractivity contribution in [2.75, 3.05) is 18.9 Å². The van der Waals surface area contributed by atoms with Crippen molar-refractivity contribution >= 4 is 44.8 Å². The molecule has 2 N–H and O–H groups in total. The maximum absolute atomic E-state index is 13.6. The molecule has 0 aliphatic heterocycles. The Balaban J connectivity index is 1.80. The summed E-state index contributed by atoms with van der Waals surface area (Å²) in [6.45, 7) is 2.91. The average molecular weight is 453 g/mol. The molecule has 4 aromatic rings. The van der Waals surface area contributed by atoms with E-state index in [2.05, 4.69) is 32.3 Å². The van der Waals surface area contributed by atoms with Crippen LogP contribution in [-0.2, 0) is 10.0 Å². The molecule has 0 radical (unpaired) electrons. The zero-order chi connectivity index (χ0) is 22.7. The van der Waals surface area contributed by atoms with E-state index < -0.39 is 15.9 Å². The third-order valence-corrected chi connectivity index (χ3v) is 6.68. The number of hydrogen-bond donors (Lipinski definition) is 2. The second kappa shape index (κ2) is 8.87. The van der Waals surface area contributed by atoms with Gasteiger partial charge in [-0.2, -0.15) is 17.6 Å². The summed E-state index contributed by atoms with van der Waals surface area (Å²) in [6.07, 6.45) is 11.0. The van der Waals surface area contributed by atoms with Crippen LogP contribution in [0.1, 0.15) is 31.2 Å². The summed E-state index contributed by atoms with van der Waals surface area (Å²) in [5.41, 5.74) is 2.73. The van der Waals surface area contributed by atoms with Gasteiger partial charge in [-0.1, -0.05) is 13.3 Å². The first-order valence-electron chi connectivity index (χ1n) is 10.2. The molecular formula is C21H24N8O2S. The van der Waals surface area contributed by atoms with Crippen molar-refractivity contribution in [3.63, 3.8) is 0 Å². The van der Waals surface area contributed by atoms with E-state index in [-0.39, 0.29) is 5.03 Å². The van der Waals surface area contributed by atoms with Gasteiger partial charge in [0.15, 0.2) is 5.03 Å². The normalized spacial score (nSPS) is 13.2. The largest absolute Gasteiger partial charge is 0.384 e. The standard InChI is InChI=1S/C21H24N8O2S/c1-3-4-7-24-17-5-6-20-26-13-21(28(20)14-17)32(30,31)29-19-8-15(16(9-22)10-23-2)11-25-18(19)12-27-29/h5-6,8-14,16,22,24H,3-4,7H2,1-2H3. The molecule has 4 heterocycles. The number of anilines is 1. The number of aliphatic imine (C=N–C) groups is 1. The highest BCUT2D eigenvalue weighted by atomic mass is 32.2. The first-order valence-corrected chi connectivity index (χ1v) is 11.7. The quantitative estimate of drug-likeness (QED) is 0.297. The SMILES string of the molecule is CCCCNc1ccc2ncc(S(=O)(=O)n3ncc4ncc(C(C=N)C=NC)cc43)n2c1. The summed E-state index contributed by atoms with van der Waals surface area (Å²) in [5, 5.41) is 15.0. The Morgan fingerprint density at radius 2 is 2.09 bits per heavy atom. The van der Waals surface area contributed by atoms with Gasteiger partial charge in [0.25, 0.3) is 0 Å². The minimum Gasteiger partial charge on any atom is -0.384 e. The maximum Gasteiger partial charge on any atom is 0.301 e. The van der Waals surface area contributed by atoms with Crippen LogP contribution in [0.4, 0.5) is 5.69 Å². The number of hydrogen-bond acceptors (Lipinski definition) is 8. The molecule has 0 spiro atoms. The molecule has 0 aliphatic rings. The number of nitrogens with zero attached hydrogens (tertiary/aromatic N) is 6. The van der Waals surface area contributed by atoms with E-state index in [0.29, 0.717) is 22.2 Å². The fourth-order valence-corrected chi connectivity index (χ4v) is 4.75. The minimum absolute atomic E-state index is 0.000712. The van der Waals surface area contributed by atoms with E-state index in [4.69, 9.17) is 5.41 Å². The molecule has 0 amide bonds. The van der Waals surface area contributed by atoms with E-state index in [1.165, 1.54) is 18.6 Å². The first-order chi connectivity index (χ1) is 15.5. The smallest absolute Gasteiger partial charge is 0.301 e. The number of pyridine rings is 2. The van der Waals surface area contributed by atoms with Crippen LogP contribution in [0.3, 0.4) is 0 Å². The lowest BCUT2D eigenvalue weighted by Gasteiger charge is -2.10. The number of imidazole rings is 1. The molecule has 0 bridgehead atoms. The van der Waals surface area contributed by atoms with Crippen molar-refractivity contribution < 1.29 is 8.42 Å². The van der Waals surface area contributed by atoms with Gasteiger partial charge in [-0.05, 0) is 30.2 Å². The molecule has 1 unspecified atom stereocenters. The van der Waals surface area contributed by atoms with Gasteiger partial charge in [0.1, 0.15) is 16.7 Å². The molecule has 4 rings (SSSR count). The van der Waals surface area contributed by atoms with Crippen LogP contribution in [-0.4, -0.2) is 58.0 Å². The van der Waals surface area contributed by atoms with Crippen LogP contribution in [0.15, 0.2) is 53.0 Å². The molecule has 0 saturated heterocycles. The Hall–Kier alpha value is -3.60. The summed E-state index contributed by atoms with van der Waals surface area (Å²) in [5.74, 6) is -0.407. The molecule has 0 fully saturated rings. The second-order valence-electron chi connectivity index (χ2n) is 7.29. The first kappa shape index (κ1) is 21.6. The fraction of sp³-hybridized carbons (Fsp3) is 0.286. The van der Waals surface area contributed by atoms with E-state index in [9.17, 15) is 8.42 Å². The van der Waals surface area contributed by atoms with Crippen molar-refractivity contribution in [2.45, 2.75) is 30.7 Å². The highest BCUT2D eigenvalue weighted by molar-refractivity contribution is 7.90. The molecule has 166 valence electrons. The number of rotatable bonds is 9. The van der Waals surface area contributed by atoms with Crippen LogP contribution < -0.4 is 5.32 Å². The summed E-state index contributed by atoms with van der Waals surface area (Å²) in [6, 6.07) is 5.32. The van der Waals surface area contributed by atoms with Crippen molar-refractivity contribution in [3.8, 4) is 0 Å². The van der Waals surface area contributed by atoms with E-state index in [1.807, 2.05) is 6.07 Å². The third-order valence-electron chi connectivity index (χ3n) is 5.11. The lowest BCUT2D eigenvalue weighted by molar-refractivity contribution is 0.577. The van der Waals surface area contributed by atoms with Crippen molar-refractivity contribution in [2.24, 2.45) is 4.99 Å². The summed E-state index contributed by atoms with van der Waals surface area (Å²) in [7, 11) is -2.44. The van der Waals surface area contributed by atoms with Gasteiger partial charge in [-0.15, -0.1) is 0 Å². The van der Waals surface area contributed by atoms with E-state index in [0.717, 1.165) is 29.2 Å². The number of unbranched alkanes of at least 4 members (excludes halogenated alkanes) is 1. The zero-order valence-corrected chi connectivity index (χ0v) is 18.6. The molecule has 0 aromatic carbocycles. The number of aromatic nitrogens is 5. The van der Waals surface area contributed by atoms with Gasteiger partial charge in [0.2, 0.25) is 0 Å². The predicted octanol–water partition coefficient (Wildman–Crippen LogP) is 2.96. The molecular weight excluding hydrogens is 428 g/mol. The van der Waals surface area contributed by atoms with Crippen LogP contribution in [0.2, 0.25) is 0 Å². The highest BCUT2D eigenvalue weighted by Gasteiger charge is 2.25. The van der Waals surface area contributed by atoms with Crippen LogP contribution in [0.5, 0.6) is 0 Å². The second-order valence-corrected chi connectivity index (χ2v) is 9.00. The number of fused-ring (bicyclic) bond motifs is 2. The predicted molar refractivity (Wildman–Crippen MR) is 125 cm³/mol. The van der Waals surface area contributed by atoms with Crippen molar-refractivity contribution in [1.82, 2.24) is 23.6 Å². The molecule has 1 atom stereocenters. The summed E-state index contributed by atoms with van der Waals surface area (Å²) in [4.78, 5) is 12.5. The lowest BCUT2D eigenvalue weighted by Crippen LogP contribution is -2.17. The maximum atomic E-state index is 13.6. The molecule has 0 saturated carbocycles. The Bertz CT molecular complexity index is 1400. The van der Waals surface area contributed by atoms with Crippen LogP contribution in [0.25, 0.3) is 16.7 Å². The Labute approximate surface area is 185 Å². The van der Waals surface area contributed by atoms with Crippen LogP contribution >= 0.6 is 0 Å². The molecule has 32 heavy (non-hydrogen) atoms. The molecule has 11 heteroatoms. The highest BCUT2D eigenvalue weighted by Crippen LogP contribution is 2.24. The fourth-order valence-electron chi connectivity index (χ4n) is 3.41. The summed E-state index contributed by atoms with van der Waals surface area (Å²) >= 11 is 0. The van der Waals surface area contributed by atoms with E-state index in [1.54, 1.807) is 42.2 Å². The van der Waals surface area contributed by atoms with Crippen molar-refractivity contribution in [1.29, 1.82) is 5.41 Å². The Kier molecular flexibility index (Phi) is 5.99. The average Bonchev–Trinajstić information content (AvgIpc) is 3.42. The number of nitrogens with one attached hydrogen (secondary N) is 2. The van der Waals surface area contributed by atoms with Gasteiger partial charge in [0.05, 0.1) is 24.0 Å². The summed E-state index contributed by atoms with van der Waals surface area (Å²) < 4.78 is 29.6. The van der Waals surface area contributed by atoms with Gasteiger partial charge in [-0.25, -0.2) is 4.98 Å². The zero-order valence-electron chi connectivity index (χ0n) is 17.8. The Morgan fingerprint density at radius 1 is 1.25 bits per heavy atom. The van der Waals surface area contributed by atoms with Crippen LogP contribution in [0, 0.1) is 5.41 Å².